The number of anilines is 1. The van der Waals surface area contributed by atoms with E-state index in [9.17, 15) is 4.79 Å². The van der Waals surface area contributed by atoms with Gasteiger partial charge in [0.05, 0.1) is 18.8 Å². The number of aromatic nitrogens is 1. The van der Waals surface area contributed by atoms with Crippen LogP contribution < -0.4 is 4.90 Å². The molecular formula is C19H28N4O2. The number of morpholine rings is 1. The molecule has 0 bridgehead atoms. The molecule has 1 aromatic rings. The maximum absolute atomic E-state index is 13.2. The lowest BCUT2D eigenvalue weighted by Gasteiger charge is -2.37. The topological polar surface area (TPSA) is 48.9 Å². The Balaban J connectivity index is 1.50. The van der Waals surface area contributed by atoms with Gasteiger partial charge in [0.15, 0.2) is 0 Å². The van der Waals surface area contributed by atoms with Crippen LogP contribution in [0, 0.1) is 5.41 Å². The zero-order valence-electron chi connectivity index (χ0n) is 15.1. The molecule has 3 fully saturated rings. The predicted octanol–water partition coefficient (Wildman–Crippen LogP) is 1.48. The first-order valence-corrected chi connectivity index (χ1v) is 9.42. The molecule has 0 saturated carbocycles. The zero-order chi connectivity index (χ0) is 17.3. The quantitative estimate of drug-likeness (QED) is 0.813. The van der Waals surface area contributed by atoms with Gasteiger partial charge in [-0.2, -0.15) is 0 Å². The molecule has 6 nitrogen and oxygen atoms in total. The maximum Gasteiger partial charge on any atom is 0.257 e. The summed E-state index contributed by atoms with van der Waals surface area (Å²) in [7, 11) is 2.19. The van der Waals surface area contributed by atoms with E-state index in [1.165, 1.54) is 12.8 Å². The number of rotatable bonds is 2. The van der Waals surface area contributed by atoms with Crippen LogP contribution in [0.15, 0.2) is 18.3 Å². The number of amides is 1. The molecule has 3 aliphatic heterocycles. The molecule has 0 aliphatic carbocycles. The molecule has 4 heterocycles. The Morgan fingerprint density at radius 1 is 1.12 bits per heavy atom. The third kappa shape index (κ3) is 3.37. The predicted molar refractivity (Wildman–Crippen MR) is 97.0 cm³/mol. The van der Waals surface area contributed by atoms with Crippen LogP contribution in [0.25, 0.3) is 0 Å². The average Bonchev–Trinajstić information content (AvgIpc) is 3.08. The van der Waals surface area contributed by atoms with Gasteiger partial charge in [-0.3, -0.25) is 4.79 Å². The van der Waals surface area contributed by atoms with E-state index in [0.717, 1.165) is 57.1 Å². The highest BCUT2D eigenvalue weighted by Crippen LogP contribution is 2.40. The summed E-state index contributed by atoms with van der Waals surface area (Å²) in [5.41, 5.74) is 1.08. The van der Waals surface area contributed by atoms with E-state index in [4.69, 9.17) is 4.74 Å². The van der Waals surface area contributed by atoms with Crippen LogP contribution in [0.2, 0.25) is 0 Å². The van der Waals surface area contributed by atoms with Crippen molar-refractivity contribution in [2.24, 2.45) is 5.41 Å². The number of piperidine rings is 1. The highest BCUT2D eigenvalue weighted by atomic mass is 16.5. The van der Waals surface area contributed by atoms with Crippen molar-refractivity contribution in [2.45, 2.75) is 19.3 Å². The second-order valence-corrected chi connectivity index (χ2v) is 7.75. The van der Waals surface area contributed by atoms with Gasteiger partial charge in [-0.05, 0) is 56.9 Å². The highest BCUT2D eigenvalue weighted by Gasteiger charge is 2.42. The van der Waals surface area contributed by atoms with Gasteiger partial charge in [0, 0.05) is 32.4 Å². The summed E-state index contributed by atoms with van der Waals surface area (Å²) >= 11 is 0. The second-order valence-electron chi connectivity index (χ2n) is 7.75. The van der Waals surface area contributed by atoms with E-state index in [1.807, 2.05) is 12.1 Å². The molecule has 0 N–H and O–H groups in total. The molecule has 3 aliphatic rings. The SMILES string of the molecule is CN1CCC2(CC1)CCN(C(=O)c1cccnc1N1CCOCC1)C2. The third-order valence-corrected chi connectivity index (χ3v) is 6.10. The zero-order valence-corrected chi connectivity index (χ0v) is 15.1. The lowest BCUT2D eigenvalue weighted by molar-refractivity contribution is 0.0735. The smallest absolute Gasteiger partial charge is 0.257 e. The van der Waals surface area contributed by atoms with E-state index in [2.05, 4.69) is 26.7 Å². The average molecular weight is 344 g/mol. The minimum absolute atomic E-state index is 0.144. The van der Waals surface area contributed by atoms with Crippen LogP contribution in [0.1, 0.15) is 29.6 Å². The van der Waals surface area contributed by atoms with E-state index in [0.29, 0.717) is 18.6 Å². The number of hydrogen-bond donors (Lipinski definition) is 0. The van der Waals surface area contributed by atoms with Crippen molar-refractivity contribution in [3.8, 4) is 0 Å². The molecule has 3 saturated heterocycles. The van der Waals surface area contributed by atoms with Gasteiger partial charge in [-0.25, -0.2) is 4.98 Å². The van der Waals surface area contributed by atoms with E-state index in [1.54, 1.807) is 6.20 Å². The Hall–Kier alpha value is -1.66. The number of nitrogens with zero attached hydrogens (tertiary/aromatic N) is 4. The number of carbonyl (C=O) groups excluding carboxylic acids is 1. The molecule has 136 valence electrons. The molecule has 1 aromatic heterocycles. The minimum Gasteiger partial charge on any atom is -0.378 e. The summed E-state index contributed by atoms with van der Waals surface area (Å²) in [5, 5.41) is 0. The van der Waals surface area contributed by atoms with Crippen LogP contribution in [-0.4, -0.2) is 80.2 Å². The molecule has 0 radical (unpaired) electrons. The fourth-order valence-electron chi connectivity index (χ4n) is 4.37. The van der Waals surface area contributed by atoms with E-state index < -0.39 is 0 Å². The van der Waals surface area contributed by atoms with Crippen molar-refractivity contribution in [3.05, 3.63) is 23.9 Å². The highest BCUT2D eigenvalue weighted by molar-refractivity contribution is 5.99. The minimum atomic E-state index is 0.144. The normalized spacial score (nSPS) is 24.0. The summed E-state index contributed by atoms with van der Waals surface area (Å²) in [6.45, 7) is 7.06. The van der Waals surface area contributed by atoms with Crippen molar-refractivity contribution in [3.63, 3.8) is 0 Å². The molecule has 1 amide bonds. The second kappa shape index (κ2) is 6.92. The van der Waals surface area contributed by atoms with Gasteiger partial charge in [0.25, 0.3) is 5.91 Å². The van der Waals surface area contributed by atoms with Gasteiger partial charge in [0.1, 0.15) is 5.82 Å². The van der Waals surface area contributed by atoms with Crippen LogP contribution in [0.3, 0.4) is 0 Å². The van der Waals surface area contributed by atoms with Crippen LogP contribution in [-0.2, 0) is 4.74 Å². The number of ether oxygens (including phenoxy) is 1. The van der Waals surface area contributed by atoms with Gasteiger partial charge in [-0.15, -0.1) is 0 Å². The fraction of sp³-hybridized carbons (Fsp3) is 0.684. The molecule has 1 spiro atoms. The number of pyridine rings is 1. The summed E-state index contributed by atoms with van der Waals surface area (Å²) in [4.78, 5) is 24.4. The van der Waals surface area contributed by atoms with Crippen LogP contribution in [0.4, 0.5) is 5.82 Å². The van der Waals surface area contributed by atoms with Gasteiger partial charge in [-0.1, -0.05) is 0 Å². The summed E-state index contributed by atoms with van der Waals surface area (Å²) in [6.07, 6.45) is 5.33. The summed E-state index contributed by atoms with van der Waals surface area (Å²) in [5.74, 6) is 0.963. The lowest BCUT2D eigenvalue weighted by atomic mass is 9.78. The summed E-state index contributed by atoms with van der Waals surface area (Å²) < 4.78 is 5.44. The van der Waals surface area contributed by atoms with Gasteiger partial charge in [0.2, 0.25) is 0 Å². The Kier molecular flexibility index (Phi) is 4.65. The van der Waals surface area contributed by atoms with E-state index in [-0.39, 0.29) is 5.91 Å². The molecule has 6 heteroatoms. The first kappa shape index (κ1) is 16.8. The first-order chi connectivity index (χ1) is 12.2. The summed E-state index contributed by atoms with van der Waals surface area (Å²) in [6, 6.07) is 3.80. The fourth-order valence-corrected chi connectivity index (χ4v) is 4.37. The standard InChI is InChI=1S/C19H28N4O2/c1-21-8-4-19(5-9-21)6-10-23(15-19)18(24)16-3-2-7-20-17(16)22-11-13-25-14-12-22/h2-3,7H,4-6,8-15H2,1H3. The monoisotopic (exact) mass is 344 g/mol. The maximum atomic E-state index is 13.2. The van der Waals surface area contributed by atoms with Crippen molar-refractivity contribution in [1.29, 1.82) is 0 Å². The molecule has 0 unspecified atom stereocenters. The van der Waals surface area contributed by atoms with Gasteiger partial charge < -0.3 is 19.4 Å². The van der Waals surface area contributed by atoms with Crippen LogP contribution in [0.5, 0.6) is 0 Å². The van der Waals surface area contributed by atoms with E-state index >= 15 is 0 Å². The number of likely N-dealkylation sites (tertiary alicyclic amines) is 2. The first-order valence-electron chi connectivity index (χ1n) is 9.42. The molecule has 0 atom stereocenters. The van der Waals surface area contributed by atoms with Crippen molar-refractivity contribution < 1.29 is 9.53 Å². The number of carbonyl (C=O) groups is 1. The lowest BCUT2D eigenvalue weighted by Crippen LogP contribution is -2.41. The molecule has 4 rings (SSSR count). The Morgan fingerprint density at radius 2 is 1.84 bits per heavy atom. The van der Waals surface area contributed by atoms with Crippen molar-refractivity contribution in [1.82, 2.24) is 14.8 Å². The van der Waals surface area contributed by atoms with Crippen molar-refractivity contribution in [2.75, 3.05) is 64.4 Å². The van der Waals surface area contributed by atoms with Crippen LogP contribution >= 0.6 is 0 Å². The Bertz CT molecular complexity index is 622. The largest absolute Gasteiger partial charge is 0.378 e. The molecular weight excluding hydrogens is 316 g/mol. The Labute approximate surface area is 149 Å². The third-order valence-electron chi connectivity index (χ3n) is 6.10. The molecule has 25 heavy (non-hydrogen) atoms. The Morgan fingerprint density at radius 3 is 2.60 bits per heavy atom. The molecule has 0 aromatic carbocycles. The number of hydrogen-bond acceptors (Lipinski definition) is 5. The van der Waals surface area contributed by atoms with Gasteiger partial charge >= 0.3 is 0 Å². The van der Waals surface area contributed by atoms with Crippen molar-refractivity contribution >= 4 is 11.7 Å².